The molecule has 0 aliphatic carbocycles. The van der Waals surface area contributed by atoms with Crippen LogP contribution >= 0.6 is 0 Å². The number of primary amides is 1. The van der Waals surface area contributed by atoms with Gasteiger partial charge in [-0.1, -0.05) is 118 Å². The third-order valence-electron chi connectivity index (χ3n) is 17.0. The number of methoxy groups -OCH3 is 2. The van der Waals surface area contributed by atoms with Crippen molar-refractivity contribution >= 4 is 65.1 Å². The number of likely N-dealkylation sites (N-methyl/N-ethyl adjacent to an activating group) is 2. The minimum absolute atomic E-state index is 0.0894. The summed E-state index contributed by atoms with van der Waals surface area (Å²) in [4.78, 5) is 139. The fourth-order valence-electron chi connectivity index (χ4n) is 11.5. The first-order valence-electron chi connectivity index (χ1n) is 31.9. The van der Waals surface area contributed by atoms with Gasteiger partial charge in [-0.25, -0.2) is 15.4 Å². The van der Waals surface area contributed by atoms with Crippen molar-refractivity contribution in [3.63, 3.8) is 0 Å². The Hall–Kier alpha value is -7.42. The maximum absolute atomic E-state index is 14.8. The topological polar surface area (TPSA) is 365 Å². The first kappa shape index (κ1) is 77.8. The van der Waals surface area contributed by atoms with Gasteiger partial charge in [0.1, 0.15) is 30.8 Å². The van der Waals surface area contributed by atoms with Gasteiger partial charge >= 0.3 is 12.1 Å². The summed E-state index contributed by atoms with van der Waals surface area (Å²) in [7, 11) is 6.09. The third-order valence-corrected chi connectivity index (χ3v) is 17.0. The second-order valence-corrected chi connectivity index (χ2v) is 24.9. The highest BCUT2D eigenvalue weighted by Gasteiger charge is 2.44. The summed E-state index contributed by atoms with van der Waals surface area (Å²) in [5, 5.41) is 27.6. The number of amides is 11. The molecule has 0 saturated carbocycles. The number of carbonyl (C=O) groups excluding carboxylic acids is 10. The number of benzene rings is 2. The zero-order valence-corrected chi connectivity index (χ0v) is 56.0. The average molecular weight is 1280 g/mol. The molecule has 1 unspecified atom stereocenters. The monoisotopic (exact) mass is 1280 g/mol. The first-order valence-corrected chi connectivity index (χ1v) is 31.9. The molecule has 0 spiro atoms. The fourth-order valence-corrected chi connectivity index (χ4v) is 11.5. The van der Waals surface area contributed by atoms with Crippen LogP contribution < -0.4 is 48.9 Å². The van der Waals surface area contributed by atoms with E-state index in [2.05, 4.69) is 37.3 Å². The maximum Gasteiger partial charge on any atom is 0.410 e. The van der Waals surface area contributed by atoms with Gasteiger partial charge in [0.15, 0.2) is 0 Å². The van der Waals surface area contributed by atoms with E-state index in [1.54, 1.807) is 109 Å². The summed E-state index contributed by atoms with van der Waals surface area (Å²) in [6.07, 6.45) is 0.925. The lowest BCUT2D eigenvalue weighted by atomic mass is 9.89. The van der Waals surface area contributed by atoms with Crippen molar-refractivity contribution in [3.8, 4) is 0 Å². The Bertz CT molecular complexity index is 2670. The van der Waals surface area contributed by atoms with Crippen molar-refractivity contribution < 1.29 is 67.3 Å². The summed E-state index contributed by atoms with van der Waals surface area (Å²) in [6, 6.07) is 8.83. The Morgan fingerprint density at radius 2 is 1.33 bits per heavy atom. The van der Waals surface area contributed by atoms with Crippen molar-refractivity contribution in [1.82, 2.24) is 46.7 Å². The number of nitrogens with zero attached hydrogens (tertiary/aromatic N) is 3. The van der Waals surface area contributed by atoms with Gasteiger partial charge in [0, 0.05) is 59.9 Å². The summed E-state index contributed by atoms with van der Waals surface area (Å²) in [6.45, 7) is 18.4. The van der Waals surface area contributed by atoms with Gasteiger partial charge in [-0.2, -0.15) is 0 Å². The molecule has 1 saturated heterocycles. The Balaban J connectivity index is 1.69. The number of anilines is 1. The Labute approximate surface area is 537 Å². The number of nitrogens with one attached hydrogen (secondary N) is 7. The predicted octanol–water partition coefficient (Wildman–Crippen LogP) is 4.53. The normalized spacial score (nSPS) is 16.7. The van der Waals surface area contributed by atoms with Crippen molar-refractivity contribution in [3.05, 3.63) is 65.7 Å². The molecule has 26 nitrogen and oxygen atoms in total. The zero-order valence-electron chi connectivity index (χ0n) is 56.0. The zero-order chi connectivity index (χ0) is 68.2. The van der Waals surface area contributed by atoms with Crippen LogP contribution in [0.4, 0.5) is 15.3 Å². The number of hydrogen-bond donors (Lipinski definition) is 10. The van der Waals surface area contributed by atoms with Crippen LogP contribution in [0.5, 0.6) is 0 Å². The van der Waals surface area contributed by atoms with E-state index in [4.69, 9.17) is 25.8 Å². The minimum atomic E-state index is -1.10. The highest BCUT2D eigenvalue weighted by molar-refractivity contribution is 5.98. The molecular formula is C65H106N12O14. The quantitative estimate of drug-likeness (QED) is 0.0191. The second-order valence-electron chi connectivity index (χ2n) is 24.9. The van der Waals surface area contributed by atoms with Gasteiger partial charge in [-0.3, -0.25) is 48.7 Å². The number of carbonyl (C=O) groups is 10. The number of rotatable bonds is 38. The smallest absolute Gasteiger partial charge is 0.410 e. The van der Waals surface area contributed by atoms with Crippen LogP contribution in [-0.2, 0) is 59.2 Å². The Kier molecular flexibility index (Phi) is 33.4. The Morgan fingerprint density at radius 3 is 1.89 bits per heavy atom. The molecule has 91 heavy (non-hydrogen) atoms. The van der Waals surface area contributed by atoms with Crippen molar-refractivity contribution in [2.75, 3.05) is 46.7 Å². The number of aliphatic hydroxyl groups excluding tert-OH is 1. The number of nitrogens with two attached hydrogens (primary N) is 2. The second kappa shape index (κ2) is 39.1. The lowest BCUT2D eigenvalue weighted by Gasteiger charge is -2.41. The van der Waals surface area contributed by atoms with Gasteiger partial charge in [0.2, 0.25) is 47.3 Å². The van der Waals surface area contributed by atoms with Crippen LogP contribution in [0.2, 0.25) is 0 Å². The van der Waals surface area contributed by atoms with Crippen LogP contribution in [-0.4, -0.2) is 175 Å². The van der Waals surface area contributed by atoms with Crippen molar-refractivity contribution in [2.45, 2.75) is 207 Å². The standard InChI is InChI=1S/C65H106N12O14/c1-15-41(8)56(49(89-13)36-52(80)77-35-23-27-48(77)58(90-14)42(9)59(82)69-43(10)57(81)45-24-18-16-19-25-45)75(11)63(86)54(39(4)5)73-62(85)55(40(6)7)76(12)65(88)91-37-44-30-32-46(33-31-44)70-60(83)47(26-22-34-68-64(66)87)71-61(84)53(38(2)3)72-50(78)28-20-17-21-29-51(79)74-67/h16,18-19,24-25,30-33,38-43,47-49,53-58,81H,15,17,20-23,26-29,34-37,67H2,1-14H3,(H,69,82)(H,70,83)(H,71,84)(H,72,78)(H,73,85)(H,74,79)(H3,66,68,87)/t41-,42+,43+,47-,48-,49+,53-,54-,55?,56-,57+,58+/m0/s1. The summed E-state index contributed by atoms with van der Waals surface area (Å²) >= 11 is 0. The van der Waals surface area contributed by atoms with Gasteiger partial charge in [0.05, 0.1) is 48.8 Å². The van der Waals surface area contributed by atoms with Crippen LogP contribution in [0, 0.1) is 29.6 Å². The average Bonchev–Trinajstić information content (AvgIpc) is 1.85. The summed E-state index contributed by atoms with van der Waals surface area (Å²) in [5.74, 6) is -0.356. The number of unbranched alkanes of at least 4 members (excludes halogenated alkanes) is 2. The van der Waals surface area contributed by atoms with Crippen LogP contribution in [0.1, 0.15) is 157 Å². The molecule has 11 amide bonds. The van der Waals surface area contributed by atoms with E-state index in [0.29, 0.717) is 61.9 Å². The predicted molar refractivity (Wildman–Crippen MR) is 344 cm³/mol. The van der Waals surface area contributed by atoms with Crippen molar-refractivity contribution in [2.24, 2.45) is 41.2 Å². The molecule has 1 aliphatic rings. The number of likely N-dealkylation sites (tertiary alicyclic amines) is 1. The molecule has 26 heteroatoms. The molecule has 1 heterocycles. The molecular weight excluding hydrogens is 1170 g/mol. The van der Waals surface area contributed by atoms with Gasteiger partial charge in [-0.05, 0) is 92.4 Å². The summed E-state index contributed by atoms with van der Waals surface area (Å²) in [5.41, 5.74) is 8.84. The molecule has 1 aliphatic heterocycles. The van der Waals surface area contributed by atoms with E-state index in [-0.39, 0.29) is 80.7 Å². The molecule has 12 N–H and O–H groups in total. The van der Waals surface area contributed by atoms with Crippen molar-refractivity contribution in [1.29, 1.82) is 0 Å². The Morgan fingerprint density at radius 1 is 0.703 bits per heavy atom. The number of hydrazine groups is 1. The first-order chi connectivity index (χ1) is 43.0. The molecule has 510 valence electrons. The molecule has 0 radical (unpaired) electrons. The lowest BCUT2D eigenvalue weighted by molar-refractivity contribution is -0.148. The lowest BCUT2D eigenvalue weighted by Crippen LogP contribution is -2.60. The van der Waals surface area contributed by atoms with Gasteiger partial charge < -0.3 is 66.8 Å². The molecule has 0 aromatic heterocycles. The molecule has 2 aromatic rings. The van der Waals surface area contributed by atoms with Gasteiger partial charge in [-0.15, -0.1) is 0 Å². The van der Waals surface area contributed by atoms with E-state index in [0.717, 1.165) is 0 Å². The minimum Gasteiger partial charge on any atom is -0.445 e. The highest BCUT2D eigenvalue weighted by atomic mass is 16.6. The van der Waals surface area contributed by atoms with E-state index in [1.165, 1.54) is 26.2 Å². The summed E-state index contributed by atoms with van der Waals surface area (Å²) < 4.78 is 17.7. The van der Waals surface area contributed by atoms with Crippen LogP contribution in [0.25, 0.3) is 0 Å². The maximum atomic E-state index is 14.8. The fraction of sp³-hybridized carbons (Fsp3) is 0.662. The number of aliphatic hydroxyl groups is 1. The molecule has 2 aromatic carbocycles. The molecule has 1 fully saturated rings. The van der Waals surface area contributed by atoms with Gasteiger partial charge in [0.25, 0.3) is 0 Å². The van der Waals surface area contributed by atoms with Crippen LogP contribution in [0.3, 0.4) is 0 Å². The highest BCUT2D eigenvalue weighted by Crippen LogP contribution is 2.30. The molecule has 12 atom stereocenters. The van der Waals surface area contributed by atoms with E-state index in [9.17, 15) is 53.1 Å². The van der Waals surface area contributed by atoms with E-state index in [1.807, 2.05) is 32.0 Å². The number of urea groups is 1. The third kappa shape index (κ3) is 24.3. The molecule has 0 bridgehead atoms. The van der Waals surface area contributed by atoms with E-state index < -0.39 is 114 Å². The number of hydrogen-bond acceptors (Lipinski definition) is 15. The molecule has 3 rings (SSSR count). The number of ether oxygens (including phenoxy) is 3. The van der Waals surface area contributed by atoms with E-state index >= 15 is 0 Å². The van der Waals surface area contributed by atoms with Crippen LogP contribution in [0.15, 0.2) is 54.6 Å². The SMILES string of the molecule is CC[C@H](C)[C@@H]([C@@H](CC(=O)N1CCC[C@H]1[C@H](OC)[C@@H](C)C(=O)N[C@H](C)[C@@H](O)c1ccccc1)OC)N(C)C(=O)[C@@H](NC(=O)C(C(C)C)N(C)C(=O)OCc1ccc(NC(=O)[C@H](CCCNC(N)=O)NC(=O)[C@@H](NC(=O)CCCCCC(=O)NN)C(C)C)cc1)C(C)C. The largest absolute Gasteiger partial charge is 0.445 e.